The quantitative estimate of drug-likeness (QED) is 0.892. The minimum Gasteiger partial charge on any atom is -0.355 e. The van der Waals surface area contributed by atoms with Crippen LogP contribution in [0.3, 0.4) is 0 Å². The van der Waals surface area contributed by atoms with Crippen molar-refractivity contribution in [1.29, 1.82) is 0 Å². The van der Waals surface area contributed by atoms with Gasteiger partial charge in [-0.05, 0) is 69.2 Å². The fraction of sp³-hybridized carbons (Fsp3) is 0.611. The van der Waals surface area contributed by atoms with E-state index in [-0.39, 0.29) is 11.3 Å². The average molecular weight is 286 g/mol. The normalized spacial score (nSPS) is 28.1. The molecular weight excluding hydrogens is 260 g/mol. The molecule has 1 saturated heterocycles. The van der Waals surface area contributed by atoms with E-state index in [4.69, 9.17) is 0 Å². The third-order valence-electron chi connectivity index (χ3n) is 5.24. The van der Waals surface area contributed by atoms with E-state index in [0.717, 1.165) is 51.2 Å². The maximum absolute atomic E-state index is 12.7. The Morgan fingerprint density at radius 1 is 1.43 bits per heavy atom. The molecule has 3 rings (SSSR count). The van der Waals surface area contributed by atoms with Gasteiger partial charge >= 0.3 is 0 Å². The second-order valence-corrected chi connectivity index (χ2v) is 6.75. The first-order chi connectivity index (χ1) is 10.2. The Morgan fingerprint density at radius 2 is 2.29 bits per heavy atom. The van der Waals surface area contributed by atoms with Gasteiger partial charge in [-0.25, -0.2) is 0 Å². The highest BCUT2D eigenvalue weighted by atomic mass is 16.2. The van der Waals surface area contributed by atoms with Crippen LogP contribution in [0, 0.1) is 5.92 Å². The van der Waals surface area contributed by atoms with Gasteiger partial charge in [0.1, 0.15) is 0 Å². The van der Waals surface area contributed by atoms with Gasteiger partial charge in [0.05, 0.1) is 5.41 Å². The second kappa shape index (κ2) is 6.18. The van der Waals surface area contributed by atoms with Crippen LogP contribution in [0.25, 0.3) is 0 Å². The van der Waals surface area contributed by atoms with E-state index >= 15 is 0 Å². The molecule has 2 N–H and O–H groups in total. The first kappa shape index (κ1) is 14.6. The summed E-state index contributed by atoms with van der Waals surface area (Å²) < 4.78 is 0. The minimum absolute atomic E-state index is 0.209. The zero-order valence-corrected chi connectivity index (χ0v) is 13.0. The lowest BCUT2D eigenvalue weighted by Crippen LogP contribution is -2.45. The molecule has 1 heterocycles. The monoisotopic (exact) mass is 286 g/mol. The van der Waals surface area contributed by atoms with Crippen LogP contribution < -0.4 is 10.6 Å². The zero-order valence-electron chi connectivity index (χ0n) is 13.0. The van der Waals surface area contributed by atoms with Gasteiger partial charge < -0.3 is 10.6 Å². The SMILES string of the molecule is CC1(C(=O)NCCC2CCNC2)CCCc2ccccc21. The van der Waals surface area contributed by atoms with Gasteiger partial charge in [0.2, 0.25) is 5.91 Å². The van der Waals surface area contributed by atoms with Gasteiger partial charge in [-0.15, -0.1) is 0 Å². The maximum atomic E-state index is 12.7. The Balaban J connectivity index is 1.63. The maximum Gasteiger partial charge on any atom is 0.230 e. The number of benzene rings is 1. The number of fused-ring (bicyclic) bond motifs is 1. The van der Waals surface area contributed by atoms with E-state index < -0.39 is 0 Å². The molecule has 0 bridgehead atoms. The number of aryl methyl sites for hydroxylation is 1. The molecule has 1 aliphatic carbocycles. The Labute approximate surface area is 127 Å². The lowest BCUT2D eigenvalue weighted by molar-refractivity contribution is -0.126. The molecule has 3 nitrogen and oxygen atoms in total. The Bertz CT molecular complexity index is 508. The van der Waals surface area contributed by atoms with E-state index in [9.17, 15) is 4.79 Å². The largest absolute Gasteiger partial charge is 0.355 e. The van der Waals surface area contributed by atoms with Gasteiger partial charge in [-0.3, -0.25) is 4.79 Å². The van der Waals surface area contributed by atoms with Crippen molar-refractivity contribution in [3.8, 4) is 0 Å². The second-order valence-electron chi connectivity index (χ2n) is 6.75. The molecule has 1 aromatic rings. The zero-order chi connectivity index (χ0) is 14.7. The minimum atomic E-state index is -0.344. The van der Waals surface area contributed by atoms with Crippen molar-refractivity contribution in [2.75, 3.05) is 19.6 Å². The van der Waals surface area contributed by atoms with Crippen molar-refractivity contribution < 1.29 is 4.79 Å². The van der Waals surface area contributed by atoms with Crippen molar-refractivity contribution in [2.24, 2.45) is 5.92 Å². The molecule has 1 aromatic carbocycles. The van der Waals surface area contributed by atoms with Gasteiger partial charge in [0.25, 0.3) is 0 Å². The first-order valence-electron chi connectivity index (χ1n) is 8.27. The molecular formula is C18H26N2O. The van der Waals surface area contributed by atoms with Crippen LogP contribution in [0.5, 0.6) is 0 Å². The summed E-state index contributed by atoms with van der Waals surface area (Å²) >= 11 is 0. The van der Waals surface area contributed by atoms with Crippen molar-refractivity contribution >= 4 is 5.91 Å². The number of carbonyl (C=O) groups excluding carboxylic acids is 1. The van der Waals surface area contributed by atoms with Gasteiger partial charge in [0, 0.05) is 6.54 Å². The van der Waals surface area contributed by atoms with E-state index in [2.05, 4.69) is 41.8 Å². The highest BCUT2D eigenvalue weighted by Gasteiger charge is 2.38. The molecule has 0 radical (unpaired) electrons. The Hall–Kier alpha value is -1.35. The topological polar surface area (TPSA) is 41.1 Å². The molecule has 1 fully saturated rings. The molecule has 0 saturated carbocycles. The summed E-state index contributed by atoms with van der Waals surface area (Å²) in [5, 5.41) is 6.58. The van der Waals surface area contributed by atoms with E-state index in [1.54, 1.807) is 0 Å². The molecule has 114 valence electrons. The molecule has 0 spiro atoms. The van der Waals surface area contributed by atoms with Crippen LogP contribution >= 0.6 is 0 Å². The average Bonchev–Trinajstić information content (AvgIpc) is 3.01. The predicted molar refractivity (Wildman–Crippen MR) is 85.3 cm³/mol. The van der Waals surface area contributed by atoms with Crippen LogP contribution in [0.2, 0.25) is 0 Å². The Morgan fingerprint density at radius 3 is 3.10 bits per heavy atom. The predicted octanol–water partition coefficient (Wildman–Crippen LogP) is 2.40. The Kier molecular flexibility index (Phi) is 4.29. The van der Waals surface area contributed by atoms with Crippen LogP contribution in [0.15, 0.2) is 24.3 Å². The first-order valence-corrected chi connectivity index (χ1v) is 8.27. The third kappa shape index (κ3) is 2.98. The van der Waals surface area contributed by atoms with Crippen molar-refractivity contribution in [2.45, 2.75) is 44.4 Å². The van der Waals surface area contributed by atoms with Crippen LogP contribution in [-0.2, 0) is 16.6 Å². The number of rotatable bonds is 4. The van der Waals surface area contributed by atoms with Gasteiger partial charge in [-0.1, -0.05) is 24.3 Å². The smallest absolute Gasteiger partial charge is 0.230 e. The van der Waals surface area contributed by atoms with Crippen LogP contribution in [-0.4, -0.2) is 25.5 Å². The number of hydrogen-bond acceptors (Lipinski definition) is 2. The lowest BCUT2D eigenvalue weighted by Gasteiger charge is -2.34. The standard InChI is InChI=1S/C18H26N2O/c1-18(10-4-6-15-5-2-3-7-16(15)18)17(21)20-12-9-14-8-11-19-13-14/h2-3,5,7,14,19H,4,6,8-13H2,1H3,(H,20,21). The summed E-state index contributed by atoms with van der Waals surface area (Å²) in [4.78, 5) is 12.7. The third-order valence-corrected chi connectivity index (χ3v) is 5.24. The molecule has 2 aliphatic rings. The molecule has 2 unspecified atom stereocenters. The number of carbonyl (C=O) groups is 1. The molecule has 1 amide bonds. The van der Waals surface area contributed by atoms with E-state index in [0.29, 0.717) is 0 Å². The van der Waals surface area contributed by atoms with Crippen molar-refractivity contribution in [3.63, 3.8) is 0 Å². The fourth-order valence-electron chi connectivity index (χ4n) is 3.83. The summed E-state index contributed by atoms with van der Waals surface area (Å²) in [6.07, 6.45) is 5.51. The van der Waals surface area contributed by atoms with Gasteiger partial charge in [0.15, 0.2) is 0 Å². The molecule has 0 aromatic heterocycles. The number of hydrogen-bond donors (Lipinski definition) is 2. The summed E-state index contributed by atoms with van der Waals surface area (Å²) in [6, 6.07) is 8.44. The van der Waals surface area contributed by atoms with E-state index in [1.807, 2.05) is 0 Å². The number of amides is 1. The van der Waals surface area contributed by atoms with Crippen molar-refractivity contribution in [1.82, 2.24) is 10.6 Å². The lowest BCUT2D eigenvalue weighted by atomic mass is 9.70. The van der Waals surface area contributed by atoms with Gasteiger partial charge in [-0.2, -0.15) is 0 Å². The van der Waals surface area contributed by atoms with E-state index in [1.165, 1.54) is 17.5 Å². The molecule has 2 atom stereocenters. The van der Waals surface area contributed by atoms with Crippen molar-refractivity contribution in [3.05, 3.63) is 35.4 Å². The van der Waals surface area contributed by atoms with Crippen LogP contribution in [0.1, 0.15) is 43.7 Å². The number of nitrogens with one attached hydrogen (secondary N) is 2. The summed E-state index contributed by atoms with van der Waals surface area (Å²) in [7, 11) is 0. The highest BCUT2D eigenvalue weighted by Crippen LogP contribution is 2.37. The fourth-order valence-corrected chi connectivity index (χ4v) is 3.83. The summed E-state index contributed by atoms with van der Waals surface area (Å²) in [6.45, 7) is 5.15. The molecule has 3 heteroatoms. The van der Waals surface area contributed by atoms with Crippen LogP contribution in [0.4, 0.5) is 0 Å². The summed E-state index contributed by atoms with van der Waals surface area (Å²) in [5.41, 5.74) is 2.24. The highest BCUT2D eigenvalue weighted by molar-refractivity contribution is 5.88. The molecule has 1 aliphatic heterocycles. The summed E-state index contributed by atoms with van der Waals surface area (Å²) in [5.74, 6) is 0.942. The molecule has 21 heavy (non-hydrogen) atoms.